The maximum Gasteiger partial charge on any atom is 0.372 e. The van der Waals surface area contributed by atoms with Crippen LogP contribution in [0.15, 0.2) is 42.5 Å². The first-order chi connectivity index (χ1) is 21.7. The molecule has 256 valence electrons. The van der Waals surface area contributed by atoms with E-state index in [2.05, 4.69) is 66.3 Å². The number of aliphatic carboxylic acids is 1. The van der Waals surface area contributed by atoms with Gasteiger partial charge in [-0.3, -0.25) is 4.79 Å². The highest BCUT2D eigenvalue weighted by atomic mass is 16.6. The standard InChI is InChI=1S/C42H58O5/c1-25(2)28-17-22-42(34(43)35(44)45)24-23-40(9)30(33(28)42)15-16-32-39(8)20-18-29(38(6,7)31(39)19-21-41(32,40)10)26-11-13-27(14-12-26)36(46)47-37(3,4)5/h11-14,18,28,30-33H,1,15-17,19-24H2,2-10H3,(H,44,45)/t28-,30+,31-,32+,33+,39-,40+,41+,42-/m0/s1. The number of fused-ring (bicyclic) bond motifs is 7. The van der Waals surface area contributed by atoms with Crippen molar-refractivity contribution < 1.29 is 24.2 Å². The van der Waals surface area contributed by atoms with Gasteiger partial charge in [0, 0.05) is 5.41 Å². The summed E-state index contributed by atoms with van der Waals surface area (Å²) in [6.07, 6.45) is 11.2. The fraction of sp³-hybridized carbons (Fsp3) is 0.690. The summed E-state index contributed by atoms with van der Waals surface area (Å²) in [6.45, 7) is 24.7. The molecule has 0 unspecified atom stereocenters. The van der Waals surface area contributed by atoms with Crippen LogP contribution in [0.3, 0.4) is 0 Å². The molecule has 4 saturated carbocycles. The molecular formula is C42H58O5. The molecule has 1 N–H and O–H groups in total. The fourth-order valence-corrected chi connectivity index (χ4v) is 13.0. The van der Waals surface area contributed by atoms with Gasteiger partial charge in [0.05, 0.1) is 5.56 Å². The molecule has 0 spiro atoms. The van der Waals surface area contributed by atoms with E-state index >= 15 is 0 Å². The Balaban J connectivity index is 1.32. The van der Waals surface area contributed by atoms with Gasteiger partial charge in [0.2, 0.25) is 5.78 Å². The van der Waals surface area contributed by atoms with E-state index in [1.807, 2.05) is 32.9 Å². The van der Waals surface area contributed by atoms with E-state index in [0.29, 0.717) is 36.2 Å². The summed E-state index contributed by atoms with van der Waals surface area (Å²) in [6, 6.07) is 8.02. The van der Waals surface area contributed by atoms with E-state index in [4.69, 9.17) is 4.74 Å². The van der Waals surface area contributed by atoms with Gasteiger partial charge in [0.15, 0.2) is 0 Å². The Morgan fingerprint density at radius 1 is 0.851 bits per heavy atom. The number of carboxylic acid groups (broad SMARTS) is 1. The lowest BCUT2D eigenvalue weighted by atomic mass is 9.32. The largest absolute Gasteiger partial charge is 0.475 e. The van der Waals surface area contributed by atoms with Crippen molar-refractivity contribution in [1.29, 1.82) is 0 Å². The first-order valence-corrected chi connectivity index (χ1v) is 18.2. The number of ether oxygens (including phenoxy) is 1. The lowest BCUT2D eigenvalue weighted by Crippen LogP contribution is -2.66. The highest BCUT2D eigenvalue weighted by Crippen LogP contribution is 2.77. The Kier molecular flexibility index (Phi) is 7.93. The molecule has 0 bridgehead atoms. The second-order valence-electron chi connectivity index (χ2n) is 18.6. The molecule has 0 heterocycles. The zero-order chi connectivity index (χ0) is 34.5. The van der Waals surface area contributed by atoms with Crippen molar-refractivity contribution in [2.24, 2.45) is 56.7 Å². The summed E-state index contributed by atoms with van der Waals surface area (Å²) >= 11 is 0. The molecule has 0 aliphatic heterocycles. The maximum absolute atomic E-state index is 13.5. The molecule has 5 aliphatic rings. The molecule has 1 aromatic carbocycles. The average molecular weight is 643 g/mol. The summed E-state index contributed by atoms with van der Waals surface area (Å²) in [7, 11) is 0. The van der Waals surface area contributed by atoms with Gasteiger partial charge in [0.1, 0.15) is 5.60 Å². The molecule has 6 rings (SSSR count). The van der Waals surface area contributed by atoms with Crippen LogP contribution in [0.1, 0.15) is 136 Å². The molecular weight excluding hydrogens is 584 g/mol. The second kappa shape index (κ2) is 10.9. The topological polar surface area (TPSA) is 80.7 Å². The predicted molar refractivity (Wildman–Crippen MR) is 187 cm³/mol. The molecule has 5 heteroatoms. The minimum atomic E-state index is -1.25. The number of allylic oxidation sites excluding steroid dienone is 3. The summed E-state index contributed by atoms with van der Waals surface area (Å²) in [5.41, 5.74) is 3.25. The van der Waals surface area contributed by atoms with Crippen LogP contribution >= 0.6 is 0 Å². The van der Waals surface area contributed by atoms with Crippen molar-refractivity contribution in [2.45, 2.75) is 126 Å². The van der Waals surface area contributed by atoms with Crippen molar-refractivity contribution in [3.05, 3.63) is 53.6 Å². The van der Waals surface area contributed by atoms with Crippen molar-refractivity contribution in [1.82, 2.24) is 0 Å². The van der Waals surface area contributed by atoms with E-state index < -0.39 is 22.8 Å². The zero-order valence-electron chi connectivity index (χ0n) is 30.4. The van der Waals surface area contributed by atoms with Crippen LogP contribution in [0.25, 0.3) is 5.57 Å². The van der Waals surface area contributed by atoms with E-state index in [0.717, 1.165) is 50.5 Å². The van der Waals surface area contributed by atoms with Gasteiger partial charge in [-0.15, -0.1) is 0 Å². The Morgan fingerprint density at radius 2 is 1.51 bits per heavy atom. The smallest absolute Gasteiger partial charge is 0.372 e. The molecule has 0 aromatic heterocycles. The molecule has 0 amide bonds. The number of ketones is 1. The molecule has 47 heavy (non-hydrogen) atoms. The SMILES string of the molecule is C=C(C)[C@@H]1CC[C@]2(C(=O)C(=O)O)CC[C@]3(C)[C@H](CC[C@@H]4[C@@]5(C)CC=C(c6ccc(C(=O)OC(C)(C)C)cc6)C(C)(C)[C@@H]5CC[C@]43C)[C@@H]12. The lowest BCUT2D eigenvalue weighted by molar-refractivity contribution is -0.224. The van der Waals surface area contributed by atoms with Crippen LogP contribution < -0.4 is 0 Å². The summed E-state index contributed by atoms with van der Waals surface area (Å²) < 4.78 is 5.61. The van der Waals surface area contributed by atoms with Crippen LogP contribution in [0.5, 0.6) is 0 Å². The maximum atomic E-state index is 13.5. The van der Waals surface area contributed by atoms with E-state index in [1.54, 1.807) is 0 Å². The van der Waals surface area contributed by atoms with Crippen LogP contribution in [-0.4, -0.2) is 28.4 Å². The van der Waals surface area contributed by atoms with Crippen molar-refractivity contribution in [3.8, 4) is 0 Å². The lowest BCUT2D eigenvalue weighted by Gasteiger charge is -2.72. The molecule has 1 aromatic rings. The van der Waals surface area contributed by atoms with Crippen molar-refractivity contribution >= 4 is 23.3 Å². The van der Waals surface area contributed by atoms with Crippen molar-refractivity contribution in [2.75, 3.05) is 0 Å². The molecule has 0 saturated heterocycles. The first kappa shape index (κ1) is 34.2. The third-order valence-electron chi connectivity index (χ3n) is 15.1. The Labute approximate surface area is 283 Å². The third kappa shape index (κ3) is 4.86. The monoisotopic (exact) mass is 642 g/mol. The van der Waals surface area contributed by atoms with Gasteiger partial charge >= 0.3 is 11.9 Å². The number of carbonyl (C=O) groups excluding carboxylic acids is 2. The van der Waals surface area contributed by atoms with Crippen LogP contribution in [0.4, 0.5) is 0 Å². The second-order valence-corrected chi connectivity index (χ2v) is 18.6. The Morgan fingerprint density at radius 3 is 2.11 bits per heavy atom. The first-order valence-electron chi connectivity index (χ1n) is 18.2. The van der Waals surface area contributed by atoms with Gasteiger partial charge in [-0.05, 0) is 160 Å². The molecule has 5 nitrogen and oxygen atoms in total. The summed E-state index contributed by atoms with van der Waals surface area (Å²) in [5.74, 6) is -0.388. The summed E-state index contributed by atoms with van der Waals surface area (Å²) in [5, 5.41) is 10.00. The van der Waals surface area contributed by atoms with Gasteiger partial charge in [-0.1, -0.05) is 65.0 Å². The third-order valence-corrected chi connectivity index (χ3v) is 15.1. The van der Waals surface area contributed by atoms with Crippen LogP contribution in [0.2, 0.25) is 0 Å². The van der Waals surface area contributed by atoms with Gasteiger partial charge < -0.3 is 9.84 Å². The molecule has 5 aliphatic carbocycles. The number of hydrogen-bond acceptors (Lipinski definition) is 4. The van der Waals surface area contributed by atoms with Crippen LogP contribution in [-0.2, 0) is 14.3 Å². The number of carboxylic acids is 1. The number of Topliss-reactive ketones (excluding diaryl/α,β-unsaturated/α-hetero) is 1. The number of carbonyl (C=O) groups is 3. The minimum absolute atomic E-state index is 0.0361. The van der Waals surface area contributed by atoms with E-state index in [9.17, 15) is 19.5 Å². The van der Waals surface area contributed by atoms with Gasteiger partial charge in [-0.2, -0.15) is 0 Å². The number of hydrogen-bond donors (Lipinski definition) is 1. The number of rotatable bonds is 5. The normalized spacial score (nSPS) is 40.5. The highest BCUT2D eigenvalue weighted by Gasteiger charge is 2.71. The van der Waals surface area contributed by atoms with Crippen LogP contribution in [0, 0.1) is 56.7 Å². The highest BCUT2D eigenvalue weighted by molar-refractivity contribution is 6.35. The fourth-order valence-electron chi connectivity index (χ4n) is 13.0. The van der Waals surface area contributed by atoms with Gasteiger partial charge in [-0.25, -0.2) is 9.59 Å². The average Bonchev–Trinajstić information content (AvgIpc) is 3.37. The molecule has 9 atom stereocenters. The number of benzene rings is 1. The van der Waals surface area contributed by atoms with Gasteiger partial charge in [0.25, 0.3) is 0 Å². The zero-order valence-corrected chi connectivity index (χ0v) is 30.4. The number of esters is 1. The molecule has 0 radical (unpaired) electrons. The Bertz CT molecular complexity index is 1520. The molecule has 4 fully saturated rings. The minimum Gasteiger partial charge on any atom is -0.475 e. The quantitative estimate of drug-likeness (QED) is 0.196. The summed E-state index contributed by atoms with van der Waals surface area (Å²) in [4.78, 5) is 38.5. The van der Waals surface area contributed by atoms with E-state index in [1.165, 1.54) is 11.1 Å². The van der Waals surface area contributed by atoms with Crippen molar-refractivity contribution in [3.63, 3.8) is 0 Å². The van der Waals surface area contributed by atoms with E-state index in [-0.39, 0.29) is 39.5 Å². The Hall–Kier alpha value is -2.69. The predicted octanol–water partition coefficient (Wildman–Crippen LogP) is 9.95.